The van der Waals surface area contributed by atoms with E-state index < -0.39 is 5.54 Å². The van der Waals surface area contributed by atoms with Crippen molar-refractivity contribution in [3.8, 4) is 0 Å². The predicted octanol–water partition coefficient (Wildman–Crippen LogP) is 1.39. The van der Waals surface area contributed by atoms with E-state index in [9.17, 15) is 4.79 Å². The van der Waals surface area contributed by atoms with Gasteiger partial charge in [-0.1, -0.05) is 24.3 Å². The highest BCUT2D eigenvalue weighted by molar-refractivity contribution is 5.88. The maximum atomic E-state index is 11.9. The molecule has 3 N–H and O–H groups in total. The van der Waals surface area contributed by atoms with Gasteiger partial charge in [0.25, 0.3) is 0 Å². The van der Waals surface area contributed by atoms with Gasteiger partial charge in [-0.3, -0.25) is 9.69 Å². The lowest BCUT2D eigenvalue weighted by Gasteiger charge is -2.18. The lowest BCUT2D eigenvalue weighted by atomic mass is 10.1. The molecule has 1 heterocycles. The molecule has 4 heteroatoms. The largest absolute Gasteiger partial charge is 0.350 e. The molecule has 20 heavy (non-hydrogen) atoms. The lowest BCUT2D eigenvalue weighted by Crippen LogP contribution is -2.42. The van der Waals surface area contributed by atoms with Crippen LogP contribution in [-0.4, -0.2) is 29.4 Å². The second kappa shape index (κ2) is 5.54. The fourth-order valence-corrected chi connectivity index (χ4v) is 2.78. The van der Waals surface area contributed by atoms with E-state index in [1.54, 1.807) is 0 Å². The number of amides is 1. The molecule has 1 aliphatic heterocycles. The minimum atomic E-state index is -0.579. The molecule has 2 fully saturated rings. The van der Waals surface area contributed by atoms with E-state index in [1.807, 2.05) is 6.07 Å². The van der Waals surface area contributed by atoms with Gasteiger partial charge in [0.1, 0.15) is 0 Å². The number of rotatable bonds is 5. The van der Waals surface area contributed by atoms with Crippen LogP contribution in [0.5, 0.6) is 0 Å². The standard InChI is InChI=1S/C16H23N3O/c17-16(7-8-16)15(20)18-11-13-5-1-2-6-14(13)12-19-9-3-4-10-19/h1-2,5-6H,3-4,7-12,17H2,(H,18,20). The van der Waals surface area contributed by atoms with Crippen LogP contribution in [0.15, 0.2) is 24.3 Å². The molecule has 0 spiro atoms. The molecule has 1 aromatic carbocycles. The molecule has 1 amide bonds. The number of nitrogens with zero attached hydrogens (tertiary/aromatic N) is 1. The van der Waals surface area contributed by atoms with Gasteiger partial charge in [-0.15, -0.1) is 0 Å². The Morgan fingerprint density at radius 2 is 1.85 bits per heavy atom. The summed E-state index contributed by atoms with van der Waals surface area (Å²) < 4.78 is 0. The van der Waals surface area contributed by atoms with Crippen molar-refractivity contribution in [2.75, 3.05) is 13.1 Å². The average molecular weight is 273 g/mol. The summed E-state index contributed by atoms with van der Waals surface area (Å²) in [6.07, 6.45) is 4.23. The van der Waals surface area contributed by atoms with Crippen LogP contribution >= 0.6 is 0 Å². The van der Waals surface area contributed by atoms with Crippen molar-refractivity contribution in [3.63, 3.8) is 0 Å². The molecular weight excluding hydrogens is 250 g/mol. The Bertz CT molecular complexity index is 490. The molecule has 4 nitrogen and oxygen atoms in total. The van der Waals surface area contributed by atoms with Gasteiger partial charge in [-0.25, -0.2) is 0 Å². The number of benzene rings is 1. The van der Waals surface area contributed by atoms with E-state index in [0.717, 1.165) is 19.4 Å². The molecular formula is C16H23N3O. The molecule has 0 radical (unpaired) electrons. The predicted molar refractivity (Wildman–Crippen MR) is 79.0 cm³/mol. The van der Waals surface area contributed by atoms with Gasteiger partial charge in [0.2, 0.25) is 5.91 Å². The first kappa shape index (κ1) is 13.6. The number of nitrogens with one attached hydrogen (secondary N) is 1. The smallest absolute Gasteiger partial charge is 0.240 e. The third kappa shape index (κ3) is 3.02. The van der Waals surface area contributed by atoms with Gasteiger partial charge in [0, 0.05) is 13.1 Å². The summed E-state index contributed by atoms with van der Waals surface area (Å²) in [5.41, 5.74) is 7.85. The van der Waals surface area contributed by atoms with Crippen molar-refractivity contribution in [2.24, 2.45) is 5.73 Å². The molecule has 0 unspecified atom stereocenters. The number of nitrogens with two attached hydrogens (primary N) is 1. The molecule has 1 saturated heterocycles. The van der Waals surface area contributed by atoms with E-state index >= 15 is 0 Å². The minimum Gasteiger partial charge on any atom is -0.350 e. The molecule has 1 aliphatic carbocycles. The fraction of sp³-hybridized carbons (Fsp3) is 0.562. The van der Waals surface area contributed by atoms with Crippen molar-refractivity contribution in [2.45, 2.75) is 44.3 Å². The Morgan fingerprint density at radius 1 is 1.20 bits per heavy atom. The monoisotopic (exact) mass is 273 g/mol. The highest BCUT2D eigenvalue weighted by Crippen LogP contribution is 2.32. The minimum absolute atomic E-state index is 0.00604. The van der Waals surface area contributed by atoms with E-state index in [-0.39, 0.29) is 5.91 Å². The Kier molecular flexibility index (Phi) is 3.76. The second-order valence-electron chi connectivity index (χ2n) is 6.09. The van der Waals surface area contributed by atoms with Crippen LogP contribution in [0.25, 0.3) is 0 Å². The van der Waals surface area contributed by atoms with Crippen molar-refractivity contribution in [1.29, 1.82) is 0 Å². The number of hydrogen-bond donors (Lipinski definition) is 2. The van der Waals surface area contributed by atoms with Gasteiger partial charge in [0.05, 0.1) is 5.54 Å². The van der Waals surface area contributed by atoms with Gasteiger partial charge in [-0.05, 0) is 49.9 Å². The highest BCUT2D eigenvalue weighted by atomic mass is 16.2. The Hall–Kier alpha value is -1.39. The Morgan fingerprint density at radius 3 is 2.50 bits per heavy atom. The first-order chi connectivity index (χ1) is 9.67. The molecule has 1 saturated carbocycles. The van der Waals surface area contributed by atoms with Crippen LogP contribution in [0, 0.1) is 0 Å². The summed E-state index contributed by atoms with van der Waals surface area (Å²) in [4.78, 5) is 14.4. The number of carbonyl (C=O) groups excluding carboxylic acids is 1. The zero-order valence-corrected chi connectivity index (χ0v) is 11.9. The topological polar surface area (TPSA) is 58.4 Å². The van der Waals surface area contributed by atoms with E-state index in [1.165, 1.54) is 37.1 Å². The Balaban J connectivity index is 1.61. The maximum Gasteiger partial charge on any atom is 0.240 e. The lowest BCUT2D eigenvalue weighted by molar-refractivity contribution is -0.123. The first-order valence-electron chi connectivity index (χ1n) is 7.54. The maximum absolute atomic E-state index is 11.9. The van der Waals surface area contributed by atoms with Crippen LogP contribution in [0.4, 0.5) is 0 Å². The second-order valence-corrected chi connectivity index (χ2v) is 6.09. The van der Waals surface area contributed by atoms with Crippen LogP contribution in [0.1, 0.15) is 36.8 Å². The molecule has 2 aliphatic rings. The van der Waals surface area contributed by atoms with Crippen LogP contribution in [0.2, 0.25) is 0 Å². The summed E-state index contributed by atoms with van der Waals surface area (Å²) >= 11 is 0. The average Bonchev–Trinajstić information content (AvgIpc) is 3.00. The van der Waals surface area contributed by atoms with Gasteiger partial charge in [0.15, 0.2) is 0 Å². The van der Waals surface area contributed by atoms with Crippen molar-refractivity contribution >= 4 is 5.91 Å². The molecule has 0 atom stereocenters. The third-order valence-electron chi connectivity index (χ3n) is 4.39. The molecule has 108 valence electrons. The summed E-state index contributed by atoms with van der Waals surface area (Å²) in [5, 5.41) is 2.98. The highest BCUT2D eigenvalue weighted by Gasteiger charge is 2.45. The Labute approximate surface area is 120 Å². The normalized spacial score (nSPS) is 20.9. The van der Waals surface area contributed by atoms with Gasteiger partial charge in [-0.2, -0.15) is 0 Å². The molecule has 0 aromatic heterocycles. The summed E-state index contributed by atoms with van der Waals surface area (Å²) in [7, 11) is 0. The SMILES string of the molecule is NC1(C(=O)NCc2ccccc2CN2CCCC2)CC1. The number of likely N-dealkylation sites (tertiary alicyclic amines) is 1. The van der Waals surface area contributed by atoms with Crippen LogP contribution < -0.4 is 11.1 Å². The summed E-state index contributed by atoms with van der Waals surface area (Å²) in [6, 6.07) is 8.36. The molecule has 1 aromatic rings. The quantitative estimate of drug-likeness (QED) is 0.852. The number of hydrogen-bond acceptors (Lipinski definition) is 3. The molecule has 3 rings (SSSR count). The summed E-state index contributed by atoms with van der Waals surface area (Å²) in [6.45, 7) is 3.95. The van der Waals surface area contributed by atoms with Crippen LogP contribution in [0.3, 0.4) is 0 Å². The van der Waals surface area contributed by atoms with E-state index in [4.69, 9.17) is 5.73 Å². The fourth-order valence-electron chi connectivity index (χ4n) is 2.78. The van der Waals surface area contributed by atoms with Gasteiger partial charge >= 0.3 is 0 Å². The van der Waals surface area contributed by atoms with Gasteiger partial charge < -0.3 is 11.1 Å². The number of carbonyl (C=O) groups is 1. The summed E-state index contributed by atoms with van der Waals surface area (Å²) in [5.74, 6) is -0.00604. The molecule has 0 bridgehead atoms. The van der Waals surface area contributed by atoms with Crippen molar-refractivity contribution < 1.29 is 4.79 Å². The first-order valence-corrected chi connectivity index (χ1v) is 7.54. The van der Waals surface area contributed by atoms with E-state index in [0.29, 0.717) is 6.54 Å². The zero-order chi connectivity index (χ0) is 14.0. The van der Waals surface area contributed by atoms with Crippen molar-refractivity contribution in [3.05, 3.63) is 35.4 Å². The zero-order valence-electron chi connectivity index (χ0n) is 11.9. The van der Waals surface area contributed by atoms with Crippen LogP contribution in [-0.2, 0) is 17.9 Å². The van der Waals surface area contributed by atoms with E-state index in [2.05, 4.69) is 28.4 Å². The van der Waals surface area contributed by atoms with Crippen molar-refractivity contribution in [1.82, 2.24) is 10.2 Å². The third-order valence-corrected chi connectivity index (χ3v) is 4.39.